The van der Waals surface area contributed by atoms with Crippen LogP contribution in [-0.4, -0.2) is 6.04 Å². The number of rotatable bonds is 4. The Morgan fingerprint density at radius 1 is 0.842 bits per heavy atom. The maximum absolute atomic E-state index is 6.11. The van der Waals surface area contributed by atoms with E-state index in [9.17, 15) is 0 Å². The van der Waals surface area contributed by atoms with E-state index in [0.717, 1.165) is 6.42 Å². The first-order valence-corrected chi connectivity index (χ1v) is 6.98. The second-order valence-corrected chi connectivity index (χ2v) is 5.67. The summed E-state index contributed by atoms with van der Waals surface area (Å²) in [6.07, 6.45) is 0.950. The average molecular weight is 253 g/mol. The van der Waals surface area contributed by atoms with Gasteiger partial charge in [0, 0.05) is 6.04 Å². The van der Waals surface area contributed by atoms with Crippen LogP contribution in [0.15, 0.2) is 48.5 Å². The summed E-state index contributed by atoms with van der Waals surface area (Å²) in [5.41, 5.74) is 11.3. The second kappa shape index (κ2) is 6.03. The Bertz CT molecular complexity index is 508. The lowest BCUT2D eigenvalue weighted by Gasteiger charge is -2.15. The quantitative estimate of drug-likeness (QED) is 0.868. The molecule has 2 aromatic rings. The molecule has 0 amide bonds. The number of hydrogen-bond acceptors (Lipinski definition) is 1. The van der Waals surface area contributed by atoms with Gasteiger partial charge in [0.2, 0.25) is 0 Å². The van der Waals surface area contributed by atoms with Crippen molar-refractivity contribution in [2.45, 2.75) is 33.2 Å². The van der Waals surface area contributed by atoms with E-state index < -0.39 is 0 Å². The lowest BCUT2D eigenvalue weighted by Crippen LogP contribution is -2.28. The standard InChI is InChI=1S/C18H23N/c1-13(2)18(19)12-15-6-10-17(11-7-15)16-8-4-14(3)5-9-16/h4-11,13,18H,12,19H2,1-3H3. The van der Waals surface area contributed by atoms with Gasteiger partial charge in [-0.25, -0.2) is 0 Å². The van der Waals surface area contributed by atoms with Gasteiger partial charge in [-0.3, -0.25) is 0 Å². The van der Waals surface area contributed by atoms with Crippen LogP contribution in [0.1, 0.15) is 25.0 Å². The summed E-state index contributed by atoms with van der Waals surface area (Å²) >= 11 is 0. The van der Waals surface area contributed by atoms with Crippen molar-refractivity contribution < 1.29 is 0 Å². The molecule has 0 aliphatic heterocycles. The van der Waals surface area contributed by atoms with Gasteiger partial charge in [-0.15, -0.1) is 0 Å². The molecule has 0 aromatic heterocycles. The van der Waals surface area contributed by atoms with E-state index in [1.165, 1.54) is 22.3 Å². The minimum Gasteiger partial charge on any atom is -0.327 e. The Kier molecular flexibility index (Phi) is 4.39. The van der Waals surface area contributed by atoms with Crippen molar-refractivity contribution in [3.05, 3.63) is 59.7 Å². The van der Waals surface area contributed by atoms with E-state index in [2.05, 4.69) is 69.3 Å². The molecule has 2 aromatic carbocycles. The summed E-state index contributed by atoms with van der Waals surface area (Å²) in [6, 6.07) is 17.6. The SMILES string of the molecule is Cc1ccc(-c2ccc(CC(N)C(C)C)cc2)cc1. The fraction of sp³-hybridized carbons (Fsp3) is 0.333. The van der Waals surface area contributed by atoms with Crippen molar-refractivity contribution in [3.8, 4) is 11.1 Å². The maximum Gasteiger partial charge on any atom is 0.0102 e. The van der Waals surface area contributed by atoms with E-state index in [4.69, 9.17) is 5.73 Å². The lowest BCUT2D eigenvalue weighted by molar-refractivity contribution is 0.490. The van der Waals surface area contributed by atoms with Crippen molar-refractivity contribution in [3.63, 3.8) is 0 Å². The van der Waals surface area contributed by atoms with Crippen molar-refractivity contribution in [2.75, 3.05) is 0 Å². The van der Waals surface area contributed by atoms with Crippen molar-refractivity contribution >= 4 is 0 Å². The van der Waals surface area contributed by atoms with Gasteiger partial charge >= 0.3 is 0 Å². The zero-order valence-corrected chi connectivity index (χ0v) is 12.1. The Morgan fingerprint density at radius 3 is 1.79 bits per heavy atom. The predicted octanol–water partition coefficient (Wildman–Crippen LogP) is 4.19. The highest BCUT2D eigenvalue weighted by Crippen LogP contribution is 2.21. The van der Waals surface area contributed by atoms with Crippen LogP contribution in [0.4, 0.5) is 0 Å². The monoisotopic (exact) mass is 253 g/mol. The van der Waals surface area contributed by atoms with Gasteiger partial charge in [0.15, 0.2) is 0 Å². The Labute approximate surface area is 116 Å². The first-order valence-electron chi connectivity index (χ1n) is 6.98. The summed E-state index contributed by atoms with van der Waals surface area (Å²) < 4.78 is 0. The highest BCUT2D eigenvalue weighted by atomic mass is 14.6. The van der Waals surface area contributed by atoms with Crippen LogP contribution in [0.5, 0.6) is 0 Å². The van der Waals surface area contributed by atoms with Crippen LogP contribution >= 0.6 is 0 Å². The molecule has 19 heavy (non-hydrogen) atoms. The molecule has 0 bridgehead atoms. The zero-order valence-electron chi connectivity index (χ0n) is 12.1. The van der Waals surface area contributed by atoms with Gasteiger partial charge in [0.1, 0.15) is 0 Å². The first-order chi connectivity index (χ1) is 9.06. The minimum atomic E-state index is 0.241. The summed E-state index contributed by atoms with van der Waals surface area (Å²) in [5, 5.41) is 0. The van der Waals surface area contributed by atoms with Crippen molar-refractivity contribution in [2.24, 2.45) is 11.7 Å². The second-order valence-electron chi connectivity index (χ2n) is 5.67. The van der Waals surface area contributed by atoms with Gasteiger partial charge < -0.3 is 5.73 Å². The van der Waals surface area contributed by atoms with E-state index in [-0.39, 0.29) is 6.04 Å². The molecule has 0 fully saturated rings. The number of nitrogens with two attached hydrogens (primary N) is 1. The summed E-state index contributed by atoms with van der Waals surface area (Å²) in [7, 11) is 0. The molecule has 1 nitrogen and oxygen atoms in total. The third-order valence-electron chi connectivity index (χ3n) is 3.67. The number of hydrogen-bond donors (Lipinski definition) is 1. The fourth-order valence-electron chi connectivity index (χ4n) is 2.09. The Hall–Kier alpha value is -1.60. The molecule has 0 heterocycles. The average Bonchev–Trinajstić information content (AvgIpc) is 2.40. The van der Waals surface area contributed by atoms with E-state index in [0.29, 0.717) is 5.92 Å². The molecule has 1 heteroatoms. The normalized spacial score (nSPS) is 12.7. The maximum atomic E-state index is 6.11. The summed E-state index contributed by atoms with van der Waals surface area (Å²) in [4.78, 5) is 0. The predicted molar refractivity (Wildman–Crippen MR) is 83.1 cm³/mol. The zero-order chi connectivity index (χ0) is 13.8. The van der Waals surface area contributed by atoms with Gasteiger partial charge in [-0.05, 0) is 36.0 Å². The molecular formula is C18H23N. The summed E-state index contributed by atoms with van der Waals surface area (Å²) in [5.74, 6) is 0.525. The highest BCUT2D eigenvalue weighted by Gasteiger charge is 2.08. The van der Waals surface area contributed by atoms with Gasteiger partial charge in [-0.1, -0.05) is 67.9 Å². The molecule has 0 saturated heterocycles. The van der Waals surface area contributed by atoms with Gasteiger partial charge in [0.25, 0.3) is 0 Å². The molecule has 0 spiro atoms. The van der Waals surface area contributed by atoms with Crippen molar-refractivity contribution in [1.29, 1.82) is 0 Å². The molecule has 2 N–H and O–H groups in total. The molecule has 0 saturated carbocycles. The van der Waals surface area contributed by atoms with Gasteiger partial charge in [-0.2, -0.15) is 0 Å². The van der Waals surface area contributed by atoms with Gasteiger partial charge in [0.05, 0.1) is 0 Å². The molecule has 0 radical (unpaired) electrons. The fourth-order valence-corrected chi connectivity index (χ4v) is 2.09. The van der Waals surface area contributed by atoms with Crippen LogP contribution in [-0.2, 0) is 6.42 Å². The largest absolute Gasteiger partial charge is 0.327 e. The Morgan fingerprint density at radius 2 is 1.32 bits per heavy atom. The molecule has 1 unspecified atom stereocenters. The van der Waals surface area contributed by atoms with E-state index in [1.807, 2.05) is 0 Å². The first kappa shape index (κ1) is 13.8. The van der Waals surface area contributed by atoms with Crippen LogP contribution in [0, 0.1) is 12.8 Å². The lowest BCUT2D eigenvalue weighted by atomic mass is 9.96. The third-order valence-corrected chi connectivity index (χ3v) is 3.67. The third kappa shape index (κ3) is 3.68. The molecular weight excluding hydrogens is 230 g/mol. The van der Waals surface area contributed by atoms with Crippen LogP contribution in [0.2, 0.25) is 0 Å². The minimum absolute atomic E-state index is 0.241. The van der Waals surface area contributed by atoms with Crippen LogP contribution < -0.4 is 5.73 Å². The van der Waals surface area contributed by atoms with Crippen LogP contribution in [0.25, 0.3) is 11.1 Å². The summed E-state index contributed by atoms with van der Waals surface area (Å²) in [6.45, 7) is 6.46. The van der Waals surface area contributed by atoms with E-state index in [1.54, 1.807) is 0 Å². The topological polar surface area (TPSA) is 26.0 Å². The number of benzene rings is 2. The molecule has 2 rings (SSSR count). The number of aryl methyl sites for hydroxylation is 1. The Balaban J connectivity index is 2.12. The highest BCUT2D eigenvalue weighted by molar-refractivity contribution is 5.63. The van der Waals surface area contributed by atoms with Crippen LogP contribution in [0.3, 0.4) is 0 Å². The van der Waals surface area contributed by atoms with E-state index >= 15 is 0 Å². The molecule has 1 atom stereocenters. The smallest absolute Gasteiger partial charge is 0.0102 e. The molecule has 100 valence electrons. The molecule has 0 aliphatic rings. The van der Waals surface area contributed by atoms with Crippen molar-refractivity contribution in [1.82, 2.24) is 0 Å². The molecule has 0 aliphatic carbocycles.